The Kier molecular flexibility index (Phi) is 9.81. The number of nitrogens with one attached hydrogen (secondary N) is 1. The van der Waals surface area contributed by atoms with Gasteiger partial charge in [-0.3, -0.25) is 4.79 Å². The molecule has 7 nitrogen and oxygen atoms in total. The van der Waals surface area contributed by atoms with Gasteiger partial charge in [-0.15, -0.1) is 0 Å². The maximum Gasteiger partial charge on any atom is 0.344 e. The predicted octanol–water partition coefficient (Wildman–Crippen LogP) is 5.14. The van der Waals surface area contributed by atoms with Crippen LogP contribution in [0.1, 0.15) is 25.0 Å². The van der Waals surface area contributed by atoms with E-state index in [1.165, 1.54) is 6.08 Å². The lowest BCUT2D eigenvalue weighted by Gasteiger charge is -2.14. The molecule has 1 amide bonds. The number of halogens is 2. The number of hydrogen-bond acceptors (Lipinski definition) is 6. The molecule has 2 aromatic carbocycles. The molecule has 0 unspecified atom stereocenters. The Labute approximate surface area is 205 Å². The number of hydrogen-bond donors (Lipinski definition) is 1. The quantitative estimate of drug-likeness (QED) is 0.195. The second kappa shape index (κ2) is 12.3. The van der Waals surface area contributed by atoms with E-state index in [0.29, 0.717) is 37.9 Å². The molecule has 0 aliphatic heterocycles. The molecular weight excluding hydrogens is 547 g/mol. The number of carbonyl (C=O) groups excluding carboxylic acids is 2. The fourth-order valence-electron chi connectivity index (χ4n) is 2.59. The number of benzene rings is 2. The smallest absolute Gasteiger partial charge is 0.344 e. The van der Waals surface area contributed by atoms with E-state index in [1.54, 1.807) is 37.3 Å². The summed E-state index contributed by atoms with van der Waals surface area (Å²) in [5.41, 5.74) is 1.83. The topological polar surface area (TPSA) is 97.7 Å². The second-order valence-electron chi connectivity index (χ2n) is 6.44. The molecule has 2 rings (SSSR count). The molecule has 0 bridgehead atoms. The van der Waals surface area contributed by atoms with Crippen LogP contribution in [0.25, 0.3) is 6.08 Å². The van der Waals surface area contributed by atoms with Crippen LogP contribution < -0.4 is 14.8 Å². The van der Waals surface area contributed by atoms with Gasteiger partial charge in [-0.05, 0) is 84.8 Å². The van der Waals surface area contributed by atoms with Crippen molar-refractivity contribution in [2.75, 3.05) is 25.1 Å². The summed E-state index contributed by atoms with van der Waals surface area (Å²) in [6.07, 6.45) is 1.45. The lowest BCUT2D eigenvalue weighted by atomic mass is 10.1. The van der Waals surface area contributed by atoms with Gasteiger partial charge in [-0.2, -0.15) is 5.26 Å². The minimum absolute atomic E-state index is 0.0971. The Morgan fingerprint density at radius 3 is 2.56 bits per heavy atom. The first-order valence-corrected chi connectivity index (χ1v) is 11.2. The van der Waals surface area contributed by atoms with Crippen molar-refractivity contribution in [3.63, 3.8) is 0 Å². The highest BCUT2D eigenvalue weighted by molar-refractivity contribution is 14.1. The van der Waals surface area contributed by atoms with Gasteiger partial charge in [0, 0.05) is 10.7 Å². The average molecular weight is 569 g/mol. The molecule has 0 fully saturated rings. The van der Waals surface area contributed by atoms with Crippen molar-refractivity contribution in [1.29, 1.82) is 5.26 Å². The Morgan fingerprint density at radius 1 is 1.19 bits per heavy atom. The van der Waals surface area contributed by atoms with E-state index in [1.807, 2.05) is 42.5 Å². The fourth-order valence-corrected chi connectivity index (χ4v) is 3.55. The third-order valence-electron chi connectivity index (χ3n) is 4.08. The lowest BCUT2D eigenvalue weighted by Crippen LogP contribution is -2.15. The highest BCUT2D eigenvalue weighted by atomic mass is 127. The largest absolute Gasteiger partial charge is 0.490 e. The molecule has 9 heteroatoms. The Morgan fingerprint density at radius 2 is 1.94 bits per heavy atom. The van der Waals surface area contributed by atoms with Gasteiger partial charge >= 0.3 is 5.97 Å². The van der Waals surface area contributed by atoms with Crippen LogP contribution in [0.15, 0.2) is 35.9 Å². The van der Waals surface area contributed by atoms with Gasteiger partial charge in [0.15, 0.2) is 18.1 Å². The third kappa shape index (κ3) is 7.14. The highest BCUT2D eigenvalue weighted by Gasteiger charge is 2.16. The zero-order valence-electron chi connectivity index (χ0n) is 17.8. The number of aryl methyl sites for hydroxylation is 1. The number of esters is 1. The minimum atomic E-state index is -0.567. The third-order valence-corrected chi connectivity index (χ3v) is 5.29. The van der Waals surface area contributed by atoms with Crippen LogP contribution in [0.5, 0.6) is 11.5 Å². The first-order valence-electron chi connectivity index (χ1n) is 9.73. The summed E-state index contributed by atoms with van der Waals surface area (Å²) >= 11 is 8.13. The molecule has 0 aliphatic rings. The SMILES string of the molecule is CCOC(=O)COc1c(I)cc(/C=C(/C#N)C(=O)Nc2ccc(C)c(Cl)c2)cc1OCC. The molecule has 0 radical (unpaired) electrons. The lowest BCUT2D eigenvalue weighted by molar-refractivity contribution is -0.145. The molecule has 0 heterocycles. The molecule has 168 valence electrons. The molecule has 1 N–H and O–H groups in total. The summed E-state index contributed by atoms with van der Waals surface area (Å²) in [6, 6.07) is 10.4. The minimum Gasteiger partial charge on any atom is -0.490 e. The normalized spacial score (nSPS) is 10.8. The molecule has 0 atom stereocenters. The Balaban J connectivity index is 2.29. The molecule has 32 heavy (non-hydrogen) atoms. The summed E-state index contributed by atoms with van der Waals surface area (Å²) in [5, 5.41) is 12.7. The second-order valence-corrected chi connectivity index (χ2v) is 8.01. The number of nitrogens with zero attached hydrogens (tertiary/aromatic N) is 1. The van der Waals surface area contributed by atoms with Gasteiger partial charge < -0.3 is 19.5 Å². The van der Waals surface area contributed by atoms with Crippen molar-refractivity contribution in [2.24, 2.45) is 0 Å². The van der Waals surface area contributed by atoms with Gasteiger partial charge in [0.2, 0.25) is 0 Å². The van der Waals surface area contributed by atoms with Crippen LogP contribution in [0.4, 0.5) is 5.69 Å². The standard InChI is InChI=1S/C23H22ClIN2O5/c1-4-30-20-10-15(9-19(25)22(20)32-13-21(28)31-5-2)8-16(12-26)23(29)27-17-7-6-14(3)18(24)11-17/h6-11H,4-5,13H2,1-3H3,(H,27,29)/b16-8-. The van der Waals surface area contributed by atoms with Crippen molar-refractivity contribution >= 4 is 57.8 Å². The zero-order chi connectivity index (χ0) is 23.7. The van der Waals surface area contributed by atoms with Gasteiger partial charge in [0.05, 0.1) is 16.8 Å². The van der Waals surface area contributed by atoms with Crippen LogP contribution >= 0.6 is 34.2 Å². The number of rotatable bonds is 9. The number of carbonyl (C=O) groups is 2. The van der Waals surface area contributed by atoms with Crippen LogP contribution in [0, 0.1) is 21.8 Å². The van der Waals surface area contributed by atoms with Crippen LogP contribution in [0.2, 0.25) is 5.02 Å². The van der Waals surface area contributed by atoms with Crippen molar-refractivity contribution < 1.29 is 23.8 Å². The van der Waals surface area contributed by atoms with E-state index in [-0.39, 0.29) is 18.8 Å². The number of nitriles is 1. The van der Waals surface area contributed by atoms with E-state index in [2.05, 4.69) is 5.32 Å². The molecule has 0 saturated heterocycles. The van der Waals surface area contributed by atoms with Gasteiger partial charge in [0.25, 0.3) is 5.91 Å². The number of anilines is 1. The summed E-state index contributed by atoms with van der Waals surface area (Å²) in [5.74, 6) is -0.287. The highest BCUT2D eigenvalue weighted by Crippen LogP contribution is 2.35. The molecule has 0 aromatic heterocycles. The average Bonchev–Trinajstić information content (AvgIpc) is 2.74. The molecular formula is C23H22ClIN2O5. The van der Waals surface area contributed by atoms with Crippen LogP contribution in [0.3, 0.4) is 0 Å². The van der Waals surface area contributed by atoms with Gasteiger partial charge in [-0.25, -0.2) is 4.79 Å². The molecule has 0 spiro atoms. The summed E-state index contributed by atoms with van der Waals surface area (Å²) < 4.78 is 16.7. The Hall–Kier alpha value is -2.77. The van der Waals surface area contributed by atoms with Gasteiger partial charge in [-0.1, -0.05) is 17.7 Å². The van der Waals surface area contributed by atoms with E-state index >= 15 is 0 Å². The van der Waals surface area contributed by atoms with Crippen LogP contribution in [-0.4, -0.2) is 31.7 Å². The van der Waals surface area contributed by atoms with E-state index in [0.717, 1.165) is 5.56 Å². The van der Waals surface area contributed by atoms with E-state index in [9.17, 15) is 14.9 Å². The summed E-state index contributed by atoms with van der Waals surface area (Å²) in [7, 11) is 0. The predicted molar refractivity (Wildman–Crippen MR) is 131 cm³/mol. The van der Waals surface area contributed by atoms with Crippen LogP contribution in [-0.2, 0) is 14.3 Å². The van der Waals surface area contributed by atoms with Crippen molar-refractivity contribution in [2.45, 2.75) is 20.8 Å². The molecule has 2 aromatic rings. The number of ether oxygens (including phenoxy) is 3. The first kappa shape index (κ1) is 25.5. The molecule has 0 saturated carbocycles. The first-order chi connectivity index (χ1) is 15.3. The fraction of sp³-hybridized carbons (Fsp3) is 0.261. The molecule has 0 aliphatic carbocycles. The summed E-state index contributed by atoms with van der Waals surface area (Å²) in [6.45, 7) is 5.74. The maximum absolute atomic E-state index is 12.6. The van der Waals surface area contributed by atoms with Crippen molar-refractivity contribution in [3.05, 3.63) is 55.6 Å². The van der Waals surface area contributed by atoms with Gasteiger partial charge in [0.1, 0.15) is 11.6 Å². The van der Waals surface area contributed by atoms with E-state index in [4.69, 9.17) is 25.8 Å². The van der Waals surface area contributed by atoms with E-state index < -0.39 is 11.9 Å². The monoisotopic (exact) mass is 568 g/mol. The maximum atomic E-state index is 12.6. The van der Waals surface area contributed by atoms with Crippen molar-refractivity contribution in [1.82, 2.24) is 0 Å². The summed E-state index contributed by atoms with van der Waals surface area (Å²) in [4.78, 5) is 24.2. The zero-order valence-corrected chi connectivity index (χ0v) is 20.7. The number of amides is 1. The Bertz CT molecular complexity index is 1080. The van der Waals surface area contributed by atoms with Crippen molar-refractivity contribution in [3.8, 4) is 17.6 Å².